The number of hydrogen-bond acceptors (Lipinski definition) is 4. The van der Waals surface area contributed by atoms with Crippen molar-refractivity contribution in [3.8, 4) is 5.75 Å². The molecule has 0 atom stereocenters. The van der Waals surface area contributed by atoms with Crippen molar-refractivity contribution in [3.63, 3.8) is 0 Å². The van der Waals surface area contributed by atoms with Gasteiger partial charge in [-0.2, -0.15) is 0 Å². The van der Waals surface area contributed by atoms with E-state index in [4.69, 9.17) is 51.1 Å². The molecule has 0 bridgehead atoms. The first-order valence-corrected chi connectivity index (χ1v) is 12.9. The average Bonchev–Trinajstić information content (AvgIpc) is 3.04. The van der Waals surface area contributed by atoms with Gasteiger partial charge in [0.2, 0.25) is 0 Å². The van der Waals surface area contributed by atoms with Crippen LogP contribution in [0.25, 0.3) is 6.08 Å². The molecule has 0 aromatic heterocycles. The maximum Gasteiger partial charge on any atom is 0.293 e. The fourth-order valence-corrected chi connectivity index (χ4v) is 5.42. The Bertz CT molecular complexity index is 1290. The Labute approximate surface area is 228 Å². The largest absolute Gasteiger partial charge is 0.486 e. The van der Waals surface area contributed by atoms with Gasteiger partial charge in [-0.3, -0.25) is 14.5 Å². The minimum atomic E-state index is -0.364. The predicted molar refractivity (Wildman–Crippen MR) is 143 cm³/mol. The standard InChI is InChI=1S/C24H14BrCl4NO3S/c25-17-7-15(9-20(29)22(17)33-12-14-3-6-18(27)19(28)8-14)10-21-23(31)30(24(32)34-21)11-13-1-4-16(26)5-2-13/h1-10H,11-12H2/b21-10+. The van der Waals surface area contributed by atoms with Gasteiger partial charge in [0.15, 0.2) is 5.75 Å². The van der Waals surface area contributed by atoms with E-state index in [0.29, 0.717) is 40.8 Å². The SMILES string of the molecule is O=C1S/C(=C/c2cc(Cl)c(OCc3ccc(Cl)c(Cl)c3)c(Br)c2)C(=O)N1Cc1ccc(Cl)cc1. The number of carbonyl (C=O) groups is 2. The number of thioether (sulfide) groups is 1. The van der Waals surface area contributed by atoms with Crippen molar-refractivity contribution < 1.29 is 14.3 Å². The van der Waals surface area contributed by atoms with E-state index in [1.54, 1.807) is 54.6 Å². The lowest BCUT2D eigenvalue weighted by Gasteiger charge is -2.13. The van der Waals surface area contributed by atoms with Gasteiger partial charge >= 0.3 is 0 Å². The molecular weight excluding hydrogens is 604 g/mol. The molecule has 0 saturated carbocycles. The second-order valence-corrected chi connectivity index (χ2v) is 10.8. The molecule has 4 nitrogen and oxygen atoms in total. The van der Waals surface area contributed by atoms with Crippen LogP contribution in [0.2, 0.25) is 20.1 Å². The van der Waals surface area contributed by atoms with Gasteiger partial charge in [-0.15, -0.1) is 0 Å². The Morgan fingerprint density at radius 3 is 2.26 bits per heavy atom. The van der Waals surface area contributed by atoms with Crippen molar-refractivity contribution in [1.82, 2.24) is 4.90 Å². The van der Waals surface area contributed by atoms with Crippen LogP contribution in [0.15, 0.2) is 64.0 Å². The molecule has 1 fully saturated rings. The van der Waals surface area contributed by atoms with Crippen LogP contribution < -0.4 is 4.74 Å². The van der Waals surface area contributed by atoms with Gasteiger partial charge in [0.05, 0.1) is 31.0 Å². The van der Waals surface area contributed by atoms with Crippen molar-refractivity contribution in [3.05, 3.63) is 101 Å². The summed E-state index contributed by atoms with van der Waals surface area (Å²) in [6.45, 7) is 0.406. The van der Waals surface area contributed by atoms with Gasteiger partial charge < -0.3 is 4.74 Å². The number of halogens is 5. The molecule has 174 valence electrons. The lowest BCUT2D eigenvalue weighted by Crippen LogP contribution is -2.27. The lowest BCUT2D eigenvalue weighted by atomic mass is 10.2. The maximum atomic E-state index is 12.8. The third-order valence-electron chi connectivity index (χ3n) is 4.81. The molecule has 1 aliphatic heterocycles. The Hall–Kier alpha value is -1.67. The monoisotopic (exact) mass is 615 g/mol. The van der Waals surface area contributed by atoms with Gasteiger partial charge in [0, 0.05) is 5.02 Å². The molecule has 4 rings (SSSR count). The van der Waals surface area contributed by atoms with Crippen molar-refractivity contribution in [2.75, 3.05) is 0 Å². The molecule has 0 radical (unpaired) electrons. The quantitative estimate of drug-likeness (QED) is 0.259. The topological polar surface area (TPSA) is 46.6 Å². The summed E-state index contributed by atoms with van der Waals surface area (Å²) in [5.41, 5.74) is 2.29. The van der Waals surface area contributed by atoms with Crippen LogP contribution in [-0.2, 0) is 17.9 Å². The van der Waals surface area contributed by atoms with Crippen LogP contribution in [0.4, 0.5) is 4.79 Å². The third-order valence-corrected chi connectivity index (χ3v) is 7.58. The fourth-order valence-electron chi connectivity index (χ4n) is 3.15. The molecule has 0 aliphatic carbocycles. The van der Waals surface area contributed by atoms with Gasteiger partial charge in [-0.05, 0) is 86.9 Å². The number of benzene rings is 3. The summed E-state index contributed by atoms with van der Waals surface area (Å²) < 4.78 is 6.46. The molecule has 1 heterocycles. The number of imide groups is 1. The molecule has 0 N–H and O–H groups in total. The highest BCUT2D eigenvalue weighted by molar-refractivity contribution is 9.10. The van der Waals surface area contributed by atoms with E-state index in [9.17, 15) is 9.59 Å². The van der Waals surface area contributed by atoms with Crippen LogP contribution in [0.5, 0.6) is 5.75 Å². The van der Waals surface area contributed by atoms with Crippen molar-refractivity contribution >= 4 is 91.3 Å². The van der Waals surface area contributed by atoms with Gasteiger partial charge in [0.25, 0.3) is 11.1 Å². The van der Waals surface area contributed by atoms with E-state index in [-0.39, 0.29) is 24.3 Å². The summed E-state index contributed by atoms with van der Waals surface area (Å²) in [4.78, 5) is 26.8. The second-order valence-electron chi connectivity index (χ2n) is 7.25. The smallest absolute Gasteiger partial charge is 0.293 e. The van der Waals surface area contributed by atoms with Crippen molar-refractivity contribution in [1.29, 1.82) is 0 Å². The molecule has 10 heteroatoms. The number of hydrogen-bond donors (Lipinski definition) is 0. The van der Waals surface area contributed by atoms with Gasteiger partial charge in [0.1, 0.15) is 6.61 Å². The summed E-state index contributed by atoms with van der Waals surface area (Å²) in [7, 11) is 0. The summed E-state index contributed by atoms with van der Waals surface area (Å²) in [6, 6.07) is 15.7. The van der Waals surface area contributed by atoms with Crippen LogP contribution in [0, 0.1) is 0 Å². The number of nitrogens with zero attached hydrogens (tertiary/aromatic N) is 1. The first-order valence-electron chi connectivity index (χ1n) is 9.77. The molecule has 1 saturated heterocycles. The molecule has 2 amide bonds. The van der Waals surface area contributed by atoms with Gasteiger partial charge in [-0.1, -0.05) is 64.6 Å². The van der Waals surface area contributed by atoms with E-state index in [1.165, 1.54) is 4.90 Å². The fraction of sp³-hybridized carbons (Fsp3) is 0.0833. The zero-order valence-electron chi connectivity index (χ0n) is 17.2. The number of rotatable bonds is 6. The highest BCUT2D eigenvalue weighted by Crippen LogP contribution is 2.38. The van der Waals surface area contributed by atoms with Crippen molar-refractivity contribution in [2.24, 2.45) is 0 Å². The average molecular weight is 618 g/mol. The highest BCUT2D eigenvalue weighted by atomic mass is 79.9. The van der Waals surface area contributed by atoms with E-state index in [0.717, 1.165) is 22.9 Å². The summed E-state index contributed by atoms with van der Waals surface area (Å²) in [5, 5.41) is 1.50. The highest BCUT2D eigenvalue weighted by Gasteiger charge is 2.35. The molecule has 34 heavy (non-hydrogen) atoms. The molecule has 1 aliphatic rings. The van der Waals surface area contributed by atoms with Gasteiger partial charge in [-0.25, -0.2) is 0 Å². The number of amides is 2. The van der Waals surface area contributed by atoms with E-state index < -0.39 is 0 Å². The molecule has 3 aromatic carbocycles. The van der Waals surface area contributed by atoms with E-state index >= 15 is 0 Å². The Kier molecular flexibility index (Phi) is 8.18. The predicted octanol–water partition coefficient (Wildman–Crippen LogP) is 8.88. The zero-order valence-corrected chi connectivity index (χ0v) is 22.6. The first-order chi connectivity index (χ1) is 16.2. The Balaban J connectivity index is 1.49. The first kappa shape index (κ1) is 25.4. The molecule has 3 aromatic rings. The summed E-state index contributed by atoms with van der Waals surface area (Å²) >= 11 is 28.7. The molecule has 0 unspecified atom stereocenters. The van der Waals surface area contributed by atoms with E-state index in [2.05, 4.69) is 15.9 Å². The minimum absolute atomic E-state index is 0.172. The van der Waals surface area contributed by atoms with Crippen LogP contribution in [0.3, 0.4) is 0 Å². The molecule has 0 spiro atoms. The number of ether oxygens (including phenoxy) is 1. The maximum absolute atomic E-state index is 12.8. The zero-order chi connectivity index (χ0) is 24.4. The normalized spacial score (nSPS) is 14.9. The van der Waals surface area contributed by atoms with E-state index in [1.807, 2.05) is 6.07 Å². The van der Waals surface area contributed by atoms with Crippen LogP contribution >= 0.6 is 74.1 Å². The number of carbonyl (C=O) groups excluding carboxylic acids is 2. The Morgan fingerprint density at radius 2 is 1.59 bits per heavy atom. The minimum Gasteiger partial charge on any atom is -0.486 e. The Morgan fingerprint density at radius 1 is 0.882 bits per heavy atom. The molecular formula is C24H14BrCl4NO3S. The van der Waals surface area contributed by atoms with Crippen LogP contribution in [0.1, 0.15) is 16.7 Å². The summed E-state index contributed by atoms with van der Waals surface area (Å²) in [5.74, 6) is 0.0814. The lowest BCUT2D eigenvalue weighted by molar-refractivity contribution is -0.123. The third kappa shape index (κ3) is 5.93. The van der Waals surface area contributed by atoms with Crippen LogP contribution in [-0.4, -0.2) is 16.0 Å². The van der Waals surface area contributed by atoms with Crippen molar-refractivity contribution in [2.45, 2.75) is 13.2 Å². The second kappa shape index (κ2) is 10.9. The summed E-state index contributed by atoms with van der Waals surface area (Å²) in [6.07, 6.45) is 1.63.